The average Bonchev–Trinajstić information content (AvgIpc) is 2.63. The molecule has 1 heterocycles. The van der Waals surface area contributed by atoms with Crippen LogP contribution in [0.1, 0.15) is 5.56 Å². The van der Waals surface area contributed by atoms with Gasteiger partial charge in [0.15, 0.2) is 0 Å². The van der Waals surface area contributed by atoms with Crippen LogP contribution >= 0.6 is 0 Å². The summed E-state index contributed by atoms with van der Waals surface area (Å²) in [4.78, 5) is 14.3. The van der Waals surface area contributed by atoms with Gasteiger partial charge < -0.3 is 14.8 Å². The van der Waals surface area contributed by atoms with Gasteiger partial charge in [0.25, 0.3) is 0 Å². The average molecular weight is 340 g/mol. The SMILES string of the molecule is COCC(=O)Nc1ccccc1-c1cccc(CN2CCOCC2)c1. The predicted octanol–water partition coefficient (Wildman–Crippen LogP) is 2.77. The highest BCUT2D eigenvalue weighted by molar-refractivity contribution is 5.96. The van der Waals surface area contributed by atoms with E-state index in [1.165, 1.54) is 12.7 Å². The first-order valence-electron chi connectivity index (χ1n) is 8.53. The zero-order chi connectivity index (χ0) is 17.5. The van der Waals surface area contributed by atoms with Crippen molar-refractivity contribution in [3.05, 3.63) is 54.1 Å². The largest absolute Gasteiger partial charge is 0.379 e. The van der Waals surface area contributed by atoms with Gasteiger partial charge in [0, 0.05) is 38.0 Å². The van der Waals surface area contributed by atoms with Gasteiger partial charge in [0.1, 0.15) is 6.61 Å². The van der Waals surface area contributed by atoms with Crippen LogP contribution in [0.5, 0.6) is 0 Å². The lowest BCUT2D eigenvalue weighted by molar-refractivity contribution is -0.119. The van der Waals surface area contributed by atoms with Crippen molar-refractivity contribution in [2.45, 2.75) is 6.54 Å². The molecule has 0 radical (unpaired) electrons. The highest BCUT2D eigenvalue weighted by Gasteiger charge is 2.12. The Bertz CT molecular complexity index is 712. The number of nitrogens with one attached hydrogen (secondary N) is 1. The van der Waals surface area contributed by atoms with Crippen molar-refractivity contribution in [3.8, 4) is 11.1 Å². The van der Waals surface area contributed by atoms with E-state index in [4.69, 9.17) is 9.47 Å². The Balaban J connectivity index is 1.79. The van der Waals surface area contributed by atoms with Crippen molar-refractivity contribution in [2.24, 2.45) is 0 Å². The lowest BCUT2D eigenvalue weighted by atomic mass is 10.0. The summed E-state index contributed by atoms with van der Waals surface area (Å²) in [6.07, 6.45) is 0. The van der Waals surface area contributed by atoms with Gasteiger partial charge in [-0.05, 0) is 23.3 Å². The number of nitrogens with zero attached hydrogens (tertiary/aromatic N) is 1. The molecule has 0 unspecified atom stereocenters. The topological polar surface area (TPSA) is 50.8 Å². The molecule has 1 saturated heterocycles. The molecule has 1 N–H and O–H groups in total. The summed E-state index contributed by atoms with van der Waals surface area (Å²) in [6.45, 7) is 4.49. The predicted molar refractivity (Wildman–Crippen MR) is 98.5 cm³/mol. The third-order valence-corrected chi connectivity index (χ3v) is 4.22. The minimum atomic E-state index is -0.153. The van der Waals surface area contributed by atoms with Crippen LogP contribution in [0.4, 0.5) is 5.69 Å². The summed E-state index contributed by atoms with van der Waals surface area (Å²) in [5, 5.41) is 2.92. The molecule has 5 heteroatoms. The number of rotatable bonds is 6. The summed E-state index contributed by atoms with van der Waals surface area (Å²) in [5.41, 5.74) is 4.17. The van der Waals surface area contributed by atoms with Crippen molar-refractivity contribution in [2.75, 3.05) is 45.3 Å². The number of ether oxygens (including phenoxy) is 2. The Kier molecular flexibility index (Phi) is 6.17. The molecule has 1 aliphatic heterocycles. The van der Waals surface area contributed by atoms with Crippen LogP contribution in [0.2, 0.25) is 0 Å². The normalized spacial score (nSPS) is 15.1. The fourth-order valence-corrected chi connectivity index (χ4v) is 3.02. The maximum absolute atomic E-state index is 11.9. The van der Waals surface area contributed by atoms with Crippen LogP contribution in [-0.4, -0.2) is 50.8 Å². The highest BCUT2D eigenvalue weighted by atomic mass is 16.5. The standard InChI is InChI=1S/C20H24N2O3/c1-24-15-20(23)21-19-8-3-2-7-18(19)17-6-4-5-16(13-17)14-22-9-11-25-12-10-22/h2-8,13H,9-12,14-15H2,1H3,(H,21,23). The number of carbonyl (C=O) groups is 1. The third kappa shape index (κ3) is 4.89. The highest BCUT2D eigenvalue weighted by Crippen LogP contribution is 2.28. The Morgan fingerprint density at radius 3 is 2.76 bits per heavy atom. The number of anilines is 1. The maximum atomic E-state index is 11.9. The van der Waals surface area contributed by atoms with Crippen LogP contribution in [0.15, 0.2) is 48.5 Å². The minimum absolute atomic E-state index is 0.0470. The zero-order valence-electron chi connectivity index (χ0n) is 14.5. The molecule has 1 amide bonds. The Morgan fingerprint density at radius 2 is 1.96 bits per heavy atom. The lowest BCUT2D eigenvalue weighted by Crippen LogP contribution is -2.35. The number of methoxy groups -OCH3 is 1. The van der Waals surface area contributed by atoms with Crippen molar-refractivity contribution in [1.82, 2.24) is 4.90 Å². The van der Waals surface area contributed by atoms with Crippen molar-refractivity contribution in [1.29, 1.82) is 0 Å². The van der Waals surface area contributed by atoms with E-state index in [0.717, 1.165) is 49.7 Å². The molecule has 2 aromatic rings. The Hall–Kier alpha value is -2.21. The molecule has 25 heavy (non-hydrogen) atoms. The van der Waals surface area contributed by atoms with Gasteiger partial charge in [-0.2, -0.15) is 0 Å². The third-order valence-electron chi connectivity index (χ3n) is 4.22. The van der Waals surface area contributed by atoms with Gasteiger partial charge in [-0.1, -0.05) is 36.4 Å². The van der Waals surface area contributed by atoms with Crippen molar-refractivity contribution in [3.63, 3.8) is 0 Å². The molecule has 0 bridgehead atoms. The molecule has 0 spiro atoms. The molecule has 2 aromatic carbocycles. The van der Waals surface area contributed by atoms with Crippen molar-refractivity contribution >= 4 is 11.6 Å². The Morgan fingerprint density at radius 1 is 1.16 bits per heavy atom. The lowest BCUT2D eigenvalue weighted by Gasteiger charge is -2.26. The van der Waals surface area contributed by atoms with Crippen LogP contribution < -0.4 is 5.32 Å². The molecular formula is C20H24N2O3. The number of amides is 1. The van der Waals surface area contributed by atoms with E-state index in [1.54, 1.807) is 0 Å². The van der Waals surface area contributed by atoms with E-state index < -0.39 is 0 Å². The van der Waals surface area contributed by atoms with Crippen LogP contribution in [0, 0.1) is 0 Å². The van der Waals surface area contributed by atoms with E-state index in [1.807, 2.05) is 24.3 Å². The number of para-hydroxylation sites is 1. The fourth-order valence-electron chi connectivity index (χ4n) is 3.02. The maximum Gasteiger partial charge on any atom is 0.250 e. The first-order chi connectivity index (χ1) is 12.3. The molecule has 5 nitrogen and oxygen atoms in total. The number of carbonyl (C=O) groups excluding carboxylic acids is 1. The second-order valence-corrected chi connectivity index (χ2v) is 6.12. The van der Waals surface area contributed by atoms with E-state index in [-0.39, 0.29) is 12.5 Å². The van der Waals surface area contributed by atoms with Crippen LogP contribution in [0.25, 0.3) is 11.1 Å². The smallest absolute Gasteiger partial charge is 0.250 e. The molecular weight excluding hydrogens is 316 g/mol. The first kappa shape index (κ1) is 17.6. The number of benzene rings is 2. The minimum Gasteiger partial charge on any atom is -0.379 e. The second-order valence-electron chi connectivity index (χ2n) is 6.12. The summed E-state index contributed by atoms with van der Waals surface area (Å²) in [7, 11) is 1.51. The molecule has 0 saturated carbocycles. The Labute approximate surface area is 148 Å². The number of hydrogen-bond acceptors (Lipinski definition) is 4. The molecule has 0 aliphatic carbocycles. The second kappa shape index (κ2) is 8.76. The van der Waals surface area contributed by atoms with E-state index >= 15 is 0 Å². The van der Waals surface area contributed by atoms with Crippen molar-refractivity contribution < 1.29 is 14.3 Å². The fraction of sp³-hybridized carbons (Fsp3) is 0.350. The van der Waals surface area contributed by atoms with E-state index in [9.17, 15) is 4.79 Å². The summed E-state index contributed by atoms with van der Waals surface area (Å²) < 4.78 is 10.3. The van der Waals surface area contributed by atoms with Gasteiger partial charge in [-0.25, -0.2) is 0 Å². The molecule has 0 atom stereocenters. The number of morpholine rings is 1. The first-order valence-corrected chi connectivity index (χ1v) is 8.53. The van der Waals surface area contributed by atoms with E-state index in [2.05, 4.69) is 34.5 Å². The molecule has 1 aliphatic rings. The van der Waals surface area contributed by atoms with E-state index in [0.29, 0.717) is 0 Å². The monoisotopic (exact) mass is 340 g/mol. The summed E-state index contributed by atoms with van der Waals surface area (Å²) in [5.74, 6) is -0.153. The summed E-state index contributed by atoms with van der Waals surface area (Å²) >= 11 is 0. The van der Waals surface area contributed by atoms with Crippen LogP contribution in [-0.2, 0) is 20.8 Å². The zero-order valence-corrected chi connectivity index (χ0v) is 14.5. The number of hydrogen-bond donors (Lipinski definition) is 1. The van der Waals surface area contributed by atoms with Gasteiger partial charge in [0.2, 0.25) is 5.91 Å². The molecule has 0 aromatic heterocycles. The molecule has 1 fully saturated rings. The molecule has 3 rings (SSSR count). The van der Waals surface area contributed by atoms with Gasteiger partial charge >= 0.3 is 0 Å². The molecule has 132 valence electrons. The van der Waals surface area contributed by atoms with Gasteiger partial charge in [-0.3, -0.25) is 9.69 Å². The van der Waals surface area contributed by atoms with Gasteiger partial charge in [-0.15, -0.1) is 0 Å². The quantitative estimate of drug-likeness (QED) is 0.878. The van der Waals surface area contributed by atoms with Gasteiger partial charge in [0.05, 0.1) is 13.2 Å². The van der Waals surface area contributed by atoms with Crippen LogP contribution in [0.3, 0.4) is 0 Å². The summed E-state index contributed by atoms with van der Waals surface area (Å²) in [6, 6.07) is 16.3.